The molecule has 0 spiro atoms. The number of benzene rings is 2. The third kappa shape index (κ3) is 4.26. The monoisotopic (exact) mass is 487 g/mol. The van der Waals surface area contributed by atoms with Crippen LogP contribution in [0.5, 0.6) is 0 Å². The van der Waals surface area contributed by atoms with E-state index in [2.05, 4.69) is 26.2 Å². The summed E-state index contributed by atoms with van der Waals surface area (Å²) in [4.78, 5) is 44.0. The Balaban J connectivity index is 1.54. The predicted molar refractivity (Wildman–Crippen MR) is 117 cm³/mol. The van der Waals surface area contributed by atoms with Crippen LogP contribution in [0.1, 0.15) is 16.8 Å². The van der Waals surface area contributed by atoms with Gasteiger partial charge in [-0.25, -0.2) is 9.88 Å². The fourth-order valence-corrected chi connectivity index (χ4v) is 4.89. The lowest BCUT2D eigenvalue weighted by Crippen LogP contribution is -2.31. The van der Waals surface area contributed by atoms with Crippen LogP contribution in [0.3, 0.4) is 0 Å². The number of aromatic nitrogens is 1. The number of carbonyl (C=O) groups excluding carboxylic acids is 3. The molecule has 1 aromatic heterocycles. The zero-order chi connectivity index (χ0) is 20.4. The normalized spacial score (nSPS) is 16.3. The lowest BCUT2D eigenvalue weighted by atomic mass is 10.2. The number of halogens is 1. The number of hydrogen-bond donors (Lipinski definition) is 1. The van der Waals surface area contributed by atoms with Gasteiger partial charge in [-0.05, 0) is 36.4 Å². The molecule has 3 amide bonds. The molecule has 1 fully saturated rings. The minimum Gasteiger partial charge on any atom is -0.298 e. The van der Waals surface area contributed by atoms with Crippen molar-refractivity contribution in [2.24, 2.45) is 0 Å². The summed E-state index contributed by atoms with van der Waals surface area (Å²) in [7, 11) is 0. The lowest BCUT2D eigenvalue weighted by Gasteiger charge is -2.15. The molecule has 3 aromatic rings. The molecule has 0 aliphatic carbocycles. The topological polar surface area (TPSA) is 79.4 Å². The van der Waals surface area contributed by atoms with Gasteiger partial charge in [0.05, 0.1) is 16.5 Å². The predicted octanol–water partition coefficient (Wildman–Crippen LogP) is 4.58. The summed E-state index contributed by atoms with van der Waals surface area (Å²) in [6, 6.07) is 14.1. The molecule has 1 unspecified atom stereocenters. The molecule has 1 aliphatic heterocycles. The molecule has 1 saturated heterocycles. The number of carbonyl (C=O) groups is 3. The first-order chi connectivity index (χ1) is 14.0. The second-order valence-electron chi connectivity index (χ2n) is 6.14. The van der Waals surface area contributed by atoms with Crippen molar-refractivity contribution in [1.29, 1.82) is 0 Å². The first kappa shape index (κ1) is 19.8. The van der Waals surface area contributed by atoms with Crippen LogP contribution < -0.4 is 10.2 Å². The van der Waals surface area contributed by atoms with Gasteiger partial charge in [-0.15, -0.1) is 23.1 Å². The Bertz CT molecular complexity index is 1070. The van der Waals surface area contributed by atoms with Crippen molar-refractivity contribution in [3.05, 3.63) is 70.1 Å². The number of thioether (sulfide) groups is 1. The third-order valence-corrected chi connectivity index (χ3v) is 6.72. The van der Waals surface area contributed by atoms with E-state index in [4.69, 9.17) is 0 Å². The van der Waals surface area contributed by atoms with Gasteiger partial charge in [-0.1, -0.05) is 28.1 Å². The van der Waals surface area contributed by atoms with Gasteiger partial charge in [0.1, 0.15) is 0 Å². The van der Waals surface area contributed by atoms with Gasteiger partial charge < -0.3 is 0 Å². The molecule has 0 radical (unpaired) electrons. The van der Waals surface area contributed by atoms with Crippen LogP contribution in [0, 0.1) is 0 Å². The maximum Gasteiger partial charge on any atom is 0.258 e. The Kier molecular flexibility index (Phi) is 5.79. The SMILES string of the molecule is O=C(Nc1nccs1)c1ccccc1SC1CC(=O)N(c2ccc(Br)cc2)C1=O. The van der Waals surface area contributed by atoms with Crippen molar-refractivity contribution >= 4 is 67.6 Å². The highest BCUT2D eigenvalue weighted by atomic mass is 79.9. The van der Waals surface area contributed by atoms with Gasteiger partial charge in [0.15, 0.2) is 5.13 Å². The minimum atomic E-state index is -0.583. The van der Waals surface area contributed by atoms with E-state index in [0.717, 1.165) is 4.47 Å². The Morgan fingerprint density at radius 2 is 1.93 bits per heavy atom. The van der Waals surface area contributed by atoms with Crippen molar-refractivity contribution in [3.63, 3.8) is 0 Å². The van der Waals surface area contributed by atoms with E-state index in [-0.39, 0.29) is 24.1 Å². The van der Waals surface area contributed by atoms with Crippen LogP contribution in [-0.4, -0.2) is 28.0 Å². The molecule has 6 nitrogen and oxygen atoms in total. The van der Waals surface area contributed by atoms with Crippen LogP contribution >= 0.6 is 39.0 Å². The Morgan fingerprint density at radius 1 is 1.17 bits per heavy atom. The summed E-state index contributed by atoms with van der Waals surface area (Å²) >= 11 is 5.91. The van der Waals surface area contributed by atoms with E-state index in [0.29, 0.717) is 21.3 Å². The van der Waals surface area contributed by atoms with Crippen molar-refractivity contribution in [2.45, 2.75) is 16.6 Å². The van der Waals surface area contributed by atoms with Crippen LogP contribution in [0.15, 0.2) is 69.5 Å². The minimum absolute atomic E-state index is 0.0853. The fraction of sp³-hybridized carbons (Fsp3) is 0.100. The zero-order valence-corrected chi connectivity index (χ0v) is 18.1. The van der Waals surface area contributed by atoms with Crippen LogP contribution in [0.4, 0.5) is 10.8 Å². The average molecular weight is 488 g/mol. The summed E-state index contributed by atoms with van der Waals surface area (Å²) in [6.45, 7) is 0. The fourth-order valence-electron chi connectivity index (χ4n) is 2.92. The van der Waals surface area contributed by atoms with Gasteiger partial charge in [0.25, 0.3) is 5.91 Å². The first-order valence-electron chi connectivity index (χ1n) is 8.62. The van der Waals surface area contributed by atoms with Gasteiger partial charge in [-0.2, -0.15) is 0 Å². The molecule has 9 heteroatoms. The molecule has 2 heterocycles. The molecule has 4 rings (SSSR count). The Labute approximate surface area is 183 Å². The number of rotatable bonds is 5. The average Bonchev–Trinajstić information content (AvgIpc) is 3.31. The largest absolute Gasteiger partial charge is 0.298 e. The molecule has 146 valence electrons. The maximum absolute atomic E-state index is 12.9. The second kappa shape index (κ2) is 8.48. The molecule has 29 heavy (non-hydrogen) atoms. The Hall–Kier alpha value is -2.49. The number of hydrogen-bond acceptors (Lipinski definition) is 6. The van der Waals surface area contributed by atoms with Crippen molar-refractivity contribution in [2.75, 3.05) is 10.2 Å². The summed E-state index contributed by atoms with van der Waals surface area (Å²) < 4.78 is 0.867. The number of amides is 3. The van der Waals surface area contributed by atoms with Crippen molar-refractivity contribution in [1.82, 2.24) is 4.98 Å². The summed E-state index contributed by atoms with van der Waals surface area (Å²) in [6.07, 6.45) is 1.70. The van der Waals surface area contributed by atoms with Crippen molar-refractivity contribution < 1.29 is 14.4 Å². The number of imide groups is 1. The molecule has 0 saturated carbocycles. The van der Waals surface area contributed by atoms with E-state index in [1.165, 1.54) is 28.0 Å². The van der Waals surface area contributed by atoms with E-state index < -0.39 is 5.25 Å². The first-order valence-corrected chi connectivity index (χ1v) is 11.2. The molecule has 1 aliphatic rings. The number of nitrogens with one attached hydrogen (secondary N) is 1. The summed E-state index contributed by atoms with van der Waals surface area (Å²) in [5.74, 6) is -0.832. The molecule has 0 bridgehead atoms. The molecule has 1 N–H and O–H groups in total. The van der Waals surface area contributed by atoms with E-state index >= 15 is 0 Å². The van der Waals surface area contributed by atoms with Gasteiger partial charge in [-0.3, -0.25) is 19.7 Å². The summed E-state index contributed by atoms with van der Waals surface area (Å²) in [5.41, 5.74) is 0.983. The maximum atomic E-state index is 12.9. The quantitative estimate of drug-likeness (QED) is 0.532. The lowest BCUT2D eigenvalue weighted by molar-refractivity contribution is -0.121. The number of nitrogens with zero attached hydrogens (tertiary/aromatic N) is 2. The standard InChI is InChI=1S/C20H14BrN3O3S2/c21-12-5-7-13(8-6-12)24-17(25)11-16(19(24)27)29-15-4-2-1-3-14(15)18(26)23-20-22-9-10-28-20/h1-10,16H,11H2,(H,22,23,26). The van der Waals surface area contributed by atoms with Crippen LogP contribution in [0.2, 0.25) is 0 Å². The van der Waals surface area contributed by atoms with Gasteiger partial charge in [0, 0.05) is 27.4 Å². The van der Waals surface area contributed by atoms with Crippen molar-refractivity contribution in [3.8, 4) is 0 Å². The third-order valence-electron chi connectivity index (χ3n) is 4.24. The highest BCUT2D eigenvalue weighted by Crippen LogP contribution is 2.36. The highest BCUT2D eigenvalue weighted by molar-refractivity contribution is 9.10. The zero-order valence-electron chi connectivity index (χ0n) is 14.9. The van der Waals surface area contributed by atoms with Crippen LogP contribution in [0.25, 0.3) is 0 Å². The van der Waals surface area contributed by atoms with E-state index in [1.807, 2.05) is 0 Å². The Morgan fingerprint density at radius 3 is 2.66 bits per heavy atom. The number of thiazole rings is 1. The van der Waals surface area contributed by atoms with Gasteiger partial charge in [0.2, 0.25) is 11.8 Å². The van der Waals surface area contributed by atoms with E-state index in [9.17, 15) is 14.4 Å². The second-order valence-corrected chi connectivity index (χ2v) is 9.20. The smallest absolute Gasteiger partial charge is 0.258 e. The van der Waals surface area contributed by atoms with E-state index in [1.54, 1.807) is 60.1 Å². The molecule has 2 aromatic carbocycles. The van der Waals surface area contributed by atoms with Gasteiger partial charge >= 0.3 is 0 Å². The highest BCUT2D eigenvalue weighted by Gasteiger charge is 2.40. The molecule has 1 atom stereocenters. The number of anilines is 2. The van der Waals surface area contributed by atoms with Crippen LogP contribution in [-0.2, 0) is 9.59 Å². The molecular weight excluding hydrogens is 474 g/mol. The molecular formula is C20H14BrN3O3S2. The summed E-state index contributed by atoms with van der Waals surface area (Å²) in [5, 5.41) is 4.45.